The van der Waals surface area contributed by atoms with Crippen LogP contribution in [0.5, 0.6) is 0 Å². The predicted molar refractivity (Wildman–Crippen MR) is 77.0 cm³/mol. The molecule has 21 heavy (non-hydrogen) atoms. The molecule has 2 unspecified atom stereocenters. The second kappa shape index (κ2) is 7.20. The van der Waals surface area contributed by atoms with Gasteiger partial charge in [0.05, 0.1) is 0 Å². The number of carboxylic acids is 2. The highest BCUT2D eigenvalue weighted by molar-refractivity contribution is 5.83. The molecule has 1 aliphatic rings. The maximum absolute atomic E-state index is 9.77. The summed E-state index contributed by atoms with van der Waals surface area (Å²) in [6, 6.07) is 0. The van der Waals surface area contributed by atoms with Crippen molar-refractivity contribution in [2.45, 2.75) is 58.3 Å². The van der Waals surface area contributed by atoms with Crippen LogP contribution in [0, 0.1) is 5.41 Å². The van der Waals surface area contributed by atoms with Crippen molar-refractivity contribution < 1.29 is 30.0 Å². The molecule has 0 aromatic rings. The Balaban J connectivity index is 0.000000384. The van der Waals surface area contributed by atoms with E-state index >= 15 is 0 Å². The fraction of sp³-hybridized carbons (Fsp3) is 0.857. The second-order valence-electron chi connectivity index (χ2n) is 6.53. The lowest BCUT2D eigenvalue weighted by Crippen LogP contribution is -2.55. The number of likely N-dealkylation sites (tertiary alicyclic amines) is 1. The van der Waals surface area contributed by atoms with Crippen molar-refractivity contribution >= 4 is 11.9 Å². The van der Waals surface area contributed by atoms with E-state index in [1.807, 2.05) is 0 Å². The third kappa shape index (κ3) is 4.94. The minimum atomic E-state index is -2.27. The van der Waals surface area contributed by atoms with Crippen molar-refractivity contribution in [1.82, 2.24) is 4.90 Å². The van der Waals surface area contributed by atoms with Crippen molar-refractivity contribution in [3.8, 4) is 0 Å². The Morgan fingerprint density at radius 1 is 1.00 bits per heavy atom. The van der Waals surface area contributed by atoms with Gasteiger partial charge in [0.25, 0.3) is 0 Å². The Labute approximate surface area is 125 Å². The van der Waals surface area contributed by atoms with Gasteiger partial charge in [0, 0.05) is 5.54 Å². The van der Waals surface area contributed by atoms with E-state index in [2.05, 4.69) is 39.6 Å². The Bertz CT molecular complexity index is 362. The summed E-state index contributed by atoms with van der Waals surface area (Å²) in [6.45, 7) is 10.7. The number of hydrogen-bond donors (Lipinski definition) is 4. The fourth-order valence-electron chi connectivity index (χ4n) is 2.13. The number of carboxylic acid groups (broad SMARTS) is 2. The van der Waals surface area contributed by atoms with E-state index in [0.717, 1.165) is 0 Å². The largest absolute Gasteiger partial charge is 0.479 e. The Morgan fingerprint density at radius 3 is 1.62 bits per heavy atom. The molecule has 0 radical (unpaired) electrons. The molecular weight excluding hydrogens is 278 g/mol. The van der Waals surface area contributed by atoms with Crippen LogP contribution in [-0.4, -0.2) is 68.6 Å². The van der Waals surface area contributed by atoms with Gasteiger partial charge in [0.15, 0.2) is 12.2 Å². The Kier molecular flexibility index (Phi) is 6.79. The van der Waals surface area contributed by atoms with Gasteiger partial charge in [0.2, 0.25) is 0 Å². The average molecular weight is 305 g/mol. The Morgan fingerprint density at radius 2 is 1.38 bits per heavy atom. The second-order valence-corrected chi connectivity index (χ2v) is 6.53. The zero-order valence-corrected chi connectivity index (χ0v) is 13.3. The summed E-state index contributed by atoms with van der Waals surface area (Å²) in [5.41, 5.74) is 0.839. The minimum absolute atomic E-state index is 0.366. The molecule has 0 aliphatic carbocycles. The fourth-order valence-corrected chi connectivity index (χ4v) is 2.13. The molecule has 1 rings (SSSR count). The first-order valence-electron chi connectivity index (χ1n) is 6.87. The molecule has 0 aromatic heterocycles. The summed E-state index contributed by atoms with van der Waals surface area (Å²) >= 11 is 0. The lowest BCUT2D eigenvalue weighted by atomic mass is 9.68. The zero-order chi connectivity index (χ0) is 17.0. The van der Waals surface area contributed by atoms with E-state index in [9.17, 15) is 9.59 Å². The average Bonchev–Trinajstić information content (AvgIpc) is 2.35. The maximum Gasteiger partial charge on any atom is 0.335 e. The van der Waals surface area contributed by atoms with Gasteiger partial charge in [-0.05, 0) is 45.7 Å². The Hall–Kier alpha value is -1.18. The van der Waals surface area contributed by atoms with Gasteiger partial charge in [-0.25, -0.2) is 9.59 Å². The van der Waals surface area contributed by atoms with E-state index in [1.54, 1.807) is 0 Å². The van der Waals surface area contributed by atoms with Crippen LogP contribution in [-0.2, 0) is 9.59 Å². The van der Waals surface area contributed by atoms with Crippen molar-refractivity contribution in [2.24, 2.45) is 5.41 Å². The smallest absolute Gasteiger partial charge is 0.335 e. The number of aliphatic hydroxyl groups excluding tert-OH is 2. The standard InChI is InChI=1S/C10H21N.C4H6O6/c1-9(2)7-6-8-11(5)10(9,3)4;5-1(3(7)8)2(6)4(9)10/h6-8H2,1-5H3;1-2,5-6H,(H,7,8)(H,9,10). The van der Waals surface area contributed by atoms with Crippen molar-refractivity contribution in [3.05, 3.63) is 0 Å². The zero-order valence-electron chi connectivity index (χ0n) is 13.3. The van der Waals surface area contributed by atoms with E-state index < -0.39 is 24.1 Å². The monoisotopic (exact) mass is 305 g/mol. The van der Waals surface area contributed by atoms with Crippen LogP contribution in [0.25, 0.3) is 0 Å². The van der Waals surface area contributed by atoms with Crippen molar-refractivity contribution in [3.63, 3.8) is 0 Å². The molecule has 4 N–H and O–H groups in total. The number of aliphatic hydroxyl groups is 2. The molecule has 0 bridgehead atoms. The molecule has 1 heterocycles. The number of hydrogen-bond acceptors (Lipinski definition) is 5. The maximum atomic E-state index is 9.77. The quantitative estimate of drug-likeness (QED) is 0.595. The summed E-state index contributed by atoms with van der Waals surface area (Å²) in [6.07, 6.45) is -1.81. The summed E-state index contributed by atoms with van der Waals surface area (Å²) < 4.78 is 0. The molecule has 124 valence electrons. The molecule has 7 nitrogen and oxygen atoms in total. The van der Waals surface area contributed by atoms with E-state index in [4.69, 9.17) is 20.4 Å². The number of rotatable bonds is 3. The van der Waals surface area contributed by atoms with E-state index in [0.29, 0.717) is 11.0 Å². The lowest BCUT2D eigenvalue weighted by Gasteiger charge is -2.52. The number of piperidine rings is 1. The van der Waals surface area contributed by atoms with Gasteiger partial charge in [-0.2, -0.15) is 0 Å². The van der Waals surface area contributed by atoms with Crippen molar-refractivity contribution in [2.75, 3.05) is 13.6 Å². The number of carbonyl (C=O) groups is 2. The van der Waals surface area contributed by atoms with Gasteiger partial charge in [-0.1, -0.05) is 13.8 Å². The van der Waals surface area contributed by atoms with Crippen LogP contribution in [0.4, 0.5) is 0 Å². The third-order valence-electron chi connectivity index (χ3n) is 4.71. The normalized spacial score (nSPS) is 23.4. The number of nitrogens with zero attached hydrogens (tertiary/aromatic N) is 1. The minimum Gasteiger partial charge on any atom is -0.479 e. The van der Waals surface area contributed by atoms with Crippen LogP contribution >= 0.6 is 0 Å². The van der Waals surface area contributed by atoms with E-state index in [1.165, 1.54) is 19.4 Å². The summed E-state index contributed by atoms with van der Waals surface area (Å²) in [7, 11) is 2.24. The van der Waals surface area contributed by atoms with E-state index in [-0.39, 0.29) is 0 Å². The first-order chi connectivity index (χ1) is 9.34. The number of aliphatic carboxylic acids is 2. The van der Waals surface area contributed by atoms with Gasteiger partial charge >= 0.3 is 11.9 Å². The van der Waals surface area contributed by atoms with Crippen LogP contribution in [0.3, 0.4) is 0 Å². The molecule has 7 heteroatoms. The molecule has 0 saturated carbocycles. The molecule has 2 atom stereocenters. The predicted octanol–water partition coefficient (Wildman–Crippen LogP) is 0.394. The van der Waals surface area contributed by atoms with Crippen LogP contribution < -0.4 is 0 Å². The highest BCUT2D eigenvalue weighted by Gasteiger charge is 2.42. The highest BCUT2D eigenvalue weighted by Crippen LogP contribution is 2.42. The van der Waals surface area contributed by atoms with Gasteiger partial charge < -0.3 is 25.3 Å². The lowest BCUT2D eigenvalue weighted by molar-refractivity contribution is -0.165. The van der Waals surface area contributed by atoms with Gasteiger partial charge in [-0.15, -0.1) is 0 Å². The van der Waals surface area contributed by atoms with Gasteiger partial charge in [-0.3, -0.25) is 0 Å². The first-order valence-corrected chi connectivity index (χ1v) is 6.87. The summed E-state index contributed by atoms with van der Waals surface area (Å²) in [5.74, 6) is -3.54. The first kappa shape index (κ1) is 19.8. The topological polar surface area (TPSA) is 118 Å². The van der Waals surface area contributed by atoms with Crippen LogP contribution in [0.2, 0.25) is 0 Å². The molecule has 1 saturated heterocycles. The molecule has 1 aliphatic heterocycles. The highest BCUT2D eigenvalue weighted by atomic mass is 16.4. The molecule has 1 fully saturated rings. The van der Waals surface area contributed by atoms with Crippen molar-refractivity contribution in [1.29, 1.82) is 0 Å². The molecular formula is C14H27NO6. The summed E-state index contributed by atoms with van der Waals surface area (Å²) in [4.78, 5) is 22.0. The third-order valence-corrected chi connectivity index (χ3v) is 4.71. The van der Waals surface area contributed by atoms with Crippen LogP contribution in [0.1, 0.15) is 40.5 Å². The molecule has 0 aromatic carbocycles. The molecule has 0 amide bonds. The molecule has 0 spiro atoms. The SMILES string of the molecule is CN1CCCC(C)(C)C1(C)C.O=C(O)C(O)C(O)C(=O)O. The summed E-state index contributed by atoms with van der Waals surface area (Å²) in [5, 5.41) is 32.5. The van der Waals surface area contributed by atoms with Gasteiger partial charge in [0.1, 0.15) is 0 Å². The van der Waals surface area contributed by atoms with Crippen LogP contribution in [0.15, 0.2) is 0 Å².